The number of nitrogens with two attached hydrogens (primary N) is 1. The van der Waals surface area contributed by atoms with Crippen LogP contribution in [0.5, 0.6) is 11.5 Å². The number of ether oxygens (including phenoxy) is 2. The lowest BCUT2D eigenvalue weighted by molar-refractivity contribution is 0.171. The lowest BCUT2D eigenvalue weighted by Gasteiger charge is -2.20. The van der Waals surface area contributed by atoms with E-state index in [0.29, 0.717) is 48.7 Å². The molecule has 3 N–H and O–H groups in total. The predicted molar refractivity (Wildman–Crippen MR) is 118 cm³/mol. The summed E-state index contributed by atoms with van der Waals surface area (Å²) in [5.74, 6) is 1.71. The third-order valence-electron chi connectivity index (χ3n) is 4.12. The van der Waals surface area contributed by atoms with Crippen molar-refractivity contribution in [2.45, 2.75) is 20.3 Å². The average Bonchev–Trinajstić information content (AvgIpc) is 2.58. The molecule has 0 bridgehead atoms. The quantitative estimate of drug-likeness (QED) is 0.383. The van der Waals surface area contributed by atoms with Crippen LogP contribution in [-0.4, -0.2) is 25.7 Å². The predicted octanol–water partition coefficient (Wildman–Crippen LogP) is 4.32. The van der Waals surface area contributed by atoms with Crippen LogP contribution in [0.3, 0.4) is 0 Å². The Morgan fingerprint density at radius 3 is 2.69 bits per heavy atom. The van der Waals surface area contributed by atoms with E-state index in [1.165, 1.54) is 11.1 Å². The first kappa shape index (κ1) is 20.6. The fourth-order valence-electron chi connectivity index (χ4n) is 2.62. The van der Waals surface area contributed by atoms with Crippen LogP contribution in [0.1, 0.15) is 16.7 Å². The van der Waals surface area contributed by atoms with Crippen molar-refractivity contribution in [3.05, 3.63) is 52.0 Å². The second-order valence-electron chi connectivity index (χ2n) is 6.04. The maximum atomic E-state index is 6.25. The monoisotopic (exact) mass is 487 g/mol. The number of nitrogens with zero attached hydrogens (tertiary/aromatic N) is 1. The van der Waals surface area contributed by atoms with Gasteiger partial charge in [0.05, 0.1) is 5.02 Å². The normalized spacial score (nSPS) is 13.1. The molecule has 0 aromatic heterocycles. The molecular weight excluding hydrogens is 465 g/mol. The first-order valence-electron chi connectivity index (χ1n) is 8.25. The zero-order chi connectivity index (χ0) is 17.8. The summed E-state index contributed by atoms with van der Waals surface area (Å²) in [4.78, 5) is 4.38. The fraction of sp³-hybridized carbons (Fsp3) is 0.316. The van der Waals surface area contributed by atoms with Crippen LogP contribution in [0.2, 0.25) is 5.02 Å². The molecule has 140 valence electrons. The van der Waals surface area contributed by atoms with Gasteiger partial charge in [-0.05, 0) is 61.2 Å². The number of benzene rings is 2. The van der Waals surface area contributed by atoms with E-state index in [1.807, 2.05) is 18.2 Å². The smallest absolute Gasteiger partial charge is 0.193 e. The maximum Gasteiger partial charge on any atom is 0.193 e. The lowest BCUT2D eigenvalue weighted by Crippen LogP contribution is -2.23. The highest BCUT2D eigenvalue weighted by Crippen LogP contribution is 2.38. The molecule has 0 saturated heterocycles. The largest absolute Gasteiger partial charge is 0.486 e. The summed E-state index contributed by atoms with van der Waals surface area (Å²) in [6.45, 7) is 5.77. The van der Waals surface area contributed by atoms with Crippen molar-refractivity contribution in [2.24, 2.45) is 10.7 Å². The van der Waals surface area contributed by atoms with Gasteiger partial charge in [0.25, 0.3) is 0 Å². The number of hydrogen-bond donors (Lipinski definition) is 2. The van der Waals surface area contributed by atoms with Crippen molar-refractivity contribution in [1.82, 2.24) is 0 Å². The summed E-state index contributed by atoms with van der Waals surface area (Å²) < 4.78 is 11.1. The van der Waals surface area contributed by atoms with Crippen LogP contribution < -0.4 is 20.5 Å². The Balaban J connectivity index is 0.00000243. The van der Waals surface area contributed by atoms with E-state index in [0.717, 1.165) is 11.3 Å². The van der Waals surface area contributed by atoms with Gasteiger partial charge >= 0.3 is 0 Å². The molecule has 0 fully saturated rings. The molecule has 0 spiro atoms. The Labute approximate surface area is 175 Å². The van der Waals surface area contributed by atoms with Crippen LogP contribution in [0.25, 0.3) is 0 Å². The van der Waals surface area contributed by atoms with Crippen molar-refractivity contribution < 1.29 is 9.47 Å². The minimum Gasteiger partial charge on any atom is -0.486 e. The van der Waals surface area contributed by atoms with Crippen LogP contribution >= 0.6 is 35.6 Å². The molecule has 1 aliphatic heterocycles. The van der Waals surface area contributed by atoms with Gasteiger partial charge in [-0.2, -0.15) is 0 Å². The number of anilines is 1. The summed E-state index contributed by atoms with van der Waals surface area (Å²) in [5, 5.41) is 3.68. The van der Waals surface area contributed by atoms with Crippen LogP contribution in [0.15, 0.2) is 35.3 Å². The Bertz CT molecular complexity index is 812. The Morgan fingerprint density at radius 2 is 1.92 bits per heavy atom. The van der Waals surface area contributed by atoms with Gasteiger partial charge < -0.3 is 20.5 Å². The minimum absolute atomic E-state index is 0. The van der Waals surface area contributed by atoms with Crippen molar-refractivity contribution in [3.8, 4) is 11.5 Å². The number of nitrogens with one attached hydrogen (secondary N) is 1. The van der Waals surface area contributed by atoms with Gasteiger partial charge in [0.15, 0.2) is 17.5 Å². The number of guanidine groups is 1. The zero-order valence-corrected chi connectivity index (χ0v) is 17.9. The van der Waals surface area contributed by atoms with Gasteiger partial charge in [-0.25, -0.2) is 0 Å². The number of rotatable bonds is 4. The van der Waals surface area contributed by atoms with Gasteiger partial charge in [0, 0.05) is 12.2 Å². The van der Waals surface area contributed by atoms with Gasteiger partial charge in [0.1, 0.15) is 13.2 Å². The van der Waals surface area contributed by atoms with Crippen LogP contribution in [-0.2, 0) is 6.42 Å². The van der Waals surface area contributed by atoms with E-state index in [4.69, 9.17) is 26.8 Å². The molecule has 2 aromatic carbocycles. The van der Waals surface area contributed by atoms with E-state index >= 15 is 0 Å². The number of hydrogen-bond acceptors (Lipinski definition) is 3. The molecule has 2 aromatic rings. The molecule has 1 heterocycles. The fourth-order valence-corrected chi connectivity index (χ4v) is 2.91. The van der Waals surface area contributed by atoms with E-state index in [-0.39, 0.29) is 24.0 Å². The second-order valence-corrected chi connectivity index (χ2v) is 6.45. The number of halogens is 2. The minimum atomic E-state index is 0. The first-order valence-corrected chi connectivity index (χ1v) is 8.63. The molecular formula is C19H23ClIN3O2. The topological polar surface area (TPSA) is 68.9 Å². The SMILES string of the molecule is Cc1ccc(NC(N)=NCCc2cc(Cl)c3c(c2)OCCO3)cc1C.I. The van der Waals surface area contributed by atoms with E-state index in [2.05, 4.69) is 36.3 Å². The molecule has 26 heavy (non-hydrogen) atoms. The Hall–Kier alpha value is -1.67. The average molecular weight is 488 g/mol. The van der Waals surface area contributed by atoms with Crippen molar-refractivity contribution in [1.29, 1.82) is 0 Å². The molecule has 1 aliphatic rings. The van der Waals surface area contributed by atoms with Crippen LogP contribution in [0, 0.1) is 13.8 Å². The Kier molecular flexibility index (Phi) is 7.40. The van der Waals surface area contributed by atoms with E-state index in [9.17, 15) is 0 Å². The summed E-state index contributed by atoms with van der Waals surface area (Å²) in [6.07, 6.45) is 0.714. The van der Waals surface area contributed by atoms with Gasteiger partial charge in [-0.1, -0.05) is 17.7 Å². The number of aliphatic imine (C=N–C) groups is 1. The van der Waals surface area contributed by atoms with E-state index in [1.54, 1.807) is 0 Å². The highest BCUT2D eigenvalue weighted by molar-refractivity contribution is 14.0. The zero-order valence-electron chi connectivity index (χ0n) is 14.8. The molecule has 0 atom stereocenters. The number of fused-ring (bicyclic) bond motifs is 1. The highest BCUT2D eigenvalue weighted by Gasteiger charge is 2.16. The summed E-state index contributed by atoms with van der Waals surface area (Å²) >= 11 is 6.25. The highest BCUT2D eigenvalue weighted by atomic mass is 127. The third kappa shape index (κ3) is 5.17. The standard InChI is InChI=1S/C19H22ClN3O2.HI/c1-12-3-4-15(9-13(12)2)23-19(21)22-6-5-14-10-16(20)18-17(11-14)24-7-8-25-18;/h3-4,9-11H,5-8H2,1-2H3,(H3,21,22,23);1H. The van der Waals surface area contributed by atoms with Crippen molar-refractivity contribution in [2.75, 3.05) is 25.1 Å². The molecule has 3 rings (SSSR count). The molecule has 0 saturated carbocycles. The van der Waals surface area contributed by atoms with Crippen molar-refractivity contribution >= 4 is 47.2 Å². The van der Waals surface area contributed by atoms with Crippen LogP contribution in [0.4, 0.5) is 5.69 Å². The van der Waals surface area contributed by atoms with E-state index < -0.39 is 0 Å². The van der Waals surface area contributed by atoms with Crippen molar-refractivity contribution in [3.63, 3.8) is 0 Å². The Morgan fingerprint density at radius 1 is 1.15 bits per heavy atom. The summed E-state index contributed by atoms with van der Waals surface area (Å²) in [7, 11) is 0. The summed E-state index contributed by atoms with van der Waals surface area (Å²) in [5.41, 5.74) is 10.4. The lowest BCUT2D eigenvalue weighted by atomic mass is 10.1. The first-order chi connectivity index (χ1) is 12.0. The molecule has 7 heteroatoms. The van der Waals surface area contributed by atoms with Gasteiger partial charge in [-0.3, -0.25) is 4.99 Å². The maximum absolute atomic E-state index is 6.25. The van der Waals surface area contributed by atoms with Gasteiger partial charge in [-0.15, -0.1) is 24.0 Å². The molecule has 5 nitrogen and oxygen atoms in total. The second kappa shape index (κ2) is 9.32. The molecule has 0 amide bonds. The molecule has 0 unspecified atom stereocenters. The number of aryl methyl sites for hydroxylation is 2. The van der Waals surface area contributed by atoms with Gasteiger partial charge in [0.2, 0.25) is 0 Å². The third-order valence-corrected chi connectivity index (χ3v) is 4.40. The molecule has 0 radical (unpaired) electrons. The molecule has 0 aliphatic carbocycles. The summed E-state index contributed by atoms with van der Waals surface area (Å²) in [6, 6.07) is 9.94.